The fourth-order valence-corrected chi connectivity index (χ4v) is 1.67. The van der Waals surface area contributed by atoms with Crippen molar-refractivity contribution in [2.45, 2.75) is 33.2 Å². The van der Waals surface area contributed by atoms with Gasteiger partial charge in [0.1, 0.15) is 5.75 Å². The molecule has 0 spiro atoms. The average molecular weight is 300 g/mol. The third-order valence-corrected chi connectivity index (χ3v) is 4.05. The molecule has 6 heteroatoms. The molecule has 5 nitrogen and oxygen atoms in total. The van der Waals surface area contributed by atoms with Gasteiger partial charge in [-0.2, -0.15) is 0 Å². The highest BCUT2D eigenvalue weighted by atomic mass is 35.5. The summed E-state index contributed by atoms with van der Waals surface area (Å²) in [7, 11) is 0. The zero-order valence-electron chi connectivity index (χ0n) is 11.8. The Morgan fingerprint density at radius 1 is 1.20 bits per heavy atom. The van der Waals surface area contributed by atoms with Crippen LogP contribution in [0.2, 0.25) is 5.02 Å². The van der Waals surface area contributed by atoms with Gasteiger partial charge in [0.15, 0.2) is 0 Å². The number of carbonyl (C=O) groups is 2. The van der Waals surface area contributed by atoms with Crippen molar-refractivity contribution in [3.63, 3.8) is 0 Å². The lowest BCUT2D eigenvalue weighted by Gasteiger charge is -2.38. The van der Waals surface area contributed by atoms with Crippen LogP contribution in [0, 0.1) is 5.41 Å². The van der Waals surface area contributed by atoms with E-state index in [9.17, 15) is 19.8 Å². The highest BCUT2D eigenvalue weighted by molar-refractivity contribution is 6.33. The summed E-state index contributed by atoms with van der Waals surface area (Å²) in [6, 6.07) is 4.01. The van der Waals surface area contributed by atoms with Crippen LogP contribution in [0.1, 0.15) is 38.1 Å². The third kappa shape index (κ3) is 3.04. The summed E-state index contributed by atoms with van der Waals surface area (Å²) >= 11 is 5.91. The van der Waals surface area contributed by atoms with Crippen LogP contribution in [-0.2, 0) is 4.79 Å². The van der Waals surface area contributed by atoms with Crippen LogP contribution in [0.15, 0.2) is 18.2 Å². The first-order chi connectivity index (χ1) is 8.99. The molecular weight excluding hydrogens is 282 g/mol. The molecule has 0 aliphatic carbocycles. The number of aliphatic carboxylic acids is 1. The number of hydrogen-bond donors (Lipinski definition) is 3. The van der Waals surface area contributed by atoms with Crippen molar-refractivity contribution < 1.29 is 19.8 Å². The molecule has 0 bridgehead atoms. The van der Waals surface area contributed by atoms with Crippen molar-refractivity contribution in [1.82, 2.24) is 5.32 Å². The number of nitrogens with one attached hydrogen (secondary N) is 1. The molecule has 0 aliphatic rings. The van der Waals surface area contributed by atoms with E-state index in [1.165, 1.54) is 32.0 Å². The van der Waals surface area contributed by atoms with E-state index in [0.29, 0.717) is 0 Å². The highest BCUT2D eigenvalue weighted by Gasteiger charge is 2.44. The first kappa shape index (κ1) is 16.3. The molecule has 0 unspecified atom stereocenters. The largest absolute Gasteiger partial charge is 0.508 e. The zero-order valence-corrected chi connectivity index (χ0v) is 12.6. The van der Waals surface area contributed by atoms with Crippen LogP contribution in [-0.4, -0.2) is 27.6 Å². The second-order valence-electron chi connectivity index (χ2n) is 5.67. The Balaban J connectivity index is 3.06. The van der Waals surface area contributed by atoms with E-state index in [-0.39, 0.29) is 16.3 Å². The number of carbonyl (C=O) groups excluding carboxylic acids is 1. The summed E-state index contributed by atoms with van der Waals surface area (Å²) in [5, 5.41) is 21.5. The summed E-state index contributed by atoms with van der Waals surface area (Å²) in [6.45, 7) is 6.30. The first-order valence-electron chi connectivity index (χ1n) is 6.03. The molecule has 3 N–H and O–H groups in total. The molecule has 1 rings (SSSR count). The maximum Gasteiger partial charge on any atom is 0.311 e. The van der Waals surface area contributed by atoms with E-state index < -0.39 is 22.8 Å². The molecular formula is C14H18ClNO4. The topological polar surface area (TPSA) is 86.6 Å². The molecule has 20 heavy (non-hydrogen) atoms. The Labute approximate surface area is 122 Å². The molecule has 0 atom stereocenters. The lowest BCUT2D eigenvalue weighted by molar-refractivity contribution is -0.150. The monoisotopic (exact) mass is 299 g/mol. The Hall–Kier alpha value is -1.75. The Morgan fingerprint density at radius 2 is 1.75 bits per heavy atom. The molecule has 0 fully saturated rings. The van der Waals surface area contributed by atoms with E-state index in [1.54, 1.807) is 13.8 Å². The molecule has 0 saturated carbocycles. The van der Waals surface area contributed by atoms with Crippen LogP contribution in [0.5, 0.6) is 5.75 Å². The summed E-state index contributed by atoms with van der Waals surface area (Å²) in [5.41, 5.74) is -2.09. The number of phenolic OH excluding ortho intramolecular Hbond substituents is 1. The minimum atomic E-state index is -1.17. The summed E-state index contributed by atoms with van der Waals surface area (Å²) in [4.78, 5) is 23.5. The van der Waals surface area contributed by atoms with Gasteiger partial charge in [-0.3, -0.25) is 9.59 Å². The molecule has 0 heterocycles. The first-order valence-corrected chi connectivity index (χ1v) is 6.41. The predicted octanol–water partition coefficient (Wildman–Crippen LogP) is 2.66. The lowest BCUT2D eigenvalue weighted by Crippen LogP contribution is -2.57. The number of benzene rings is 1. The quantitative estimate of drug-likeness (QED) is 0.797. The Bertz CT molecular complexity index is 552. The molecule has 1 aromatic rings. The standard InChI is InChI=1S/C14H18ClNO4/c1-13(2,12(19)20)14(3,4)16-11(18)9-7-8(17)5-6-10(9)15/h5-7,17H,1-4H3,(H,16,18)(H,19,20). The van der Waals surface area contributed by atoms with Crippen molar-refractivity contribution >= 4 is 23.5 Å². The fraction of sp³-hybridized carbons (Fsp3) is 0.429. The van der Waals surface area contributed by atoms with Gasteiger partial charge < -0.3 is 15.5 Å². The van der Waals surface area contributed by atoms with Gasteiger partial charge >= 0.3 is 5.97 Å². The lowest BCUT2D eigenvalue weighted by atomic mass is 9.74. The molecule has 0 saturated heterocycles. The number of carboxylic acid groups (broad SMARTS) is 1. The highest BCUT2D eigenvalue weighted by Crippen LogP contribution is 2.31. The van der Waals surface area contributed by atoms with Gasteiger partial charge in [0.25, 0.3) is 5.91 Å². The SMILES string of the molecule is CC(C)(NC(=O)c1cc(O)ccc1Cl)C(C)(C)C(=O)O. The average Bonchev–Trinajstić information content (AvgIpc) is 2.31. The second-order valence-corrected chi connectivity index (χ2v) is 6.08. The number of hydrogen-bond acceptors (Lipinski definition) is 3. The number of carboxylic acids is 1. The van der Waals surface area contributed by atoms with Crippen LogP contribution in [0.25, 0.3) is 0 Å². The number of halogens is 1. The van der Waals surface area contributed by atoms with E-state index in [4.69, 9.17) is 11.6 Å². The minimum Gasteiger partial charge on any atom is -0.508 e. The van der Waals surface area contributed by atoms with Gasteiger partial charge in [-0.05, 0) is 45.9 Å². The van der Waals surface area contributed by atoms with Gasteiger partial charge in [0.2, 0.25) is 0 Å². The maximum absolute atomic E-state index is 12.2. The van der Waals surface area contributed by atoms with Crippen LogP contribution >= 0.6 is 11.6 Å². The van der Waals surface area contributed by atoms with Gasteiger partial charge in [-0.15, -0.1) is 0 Å². The predicted molar refractivity (Wildman–Crippen MR) is 76.1 cm³/mol. The van der Waals surface area contributed by atoms with E-state index in [1.807, 2.05) is 0 Å². The number of amides is 1. The van der Waals surface area contributed by atoms with Crippen molar-refractivity contribution in [2.75, 3.05) is 0 Å². The summed E-state index contributed by atoms with van der Waals surface area (Å²) in [5.74, 6) is -1.65. The summed E-state index contributed by atoms with van der Waals surface area (Å²) in [6.07, 6.45) is 0. The normalized spacial score (nSPS) is 12.1. The van der Waals surface area contributed by atoms with Crippen molar-refractivity contribution in [3.05, 3.63) is 28.8 Å². The molecule has 110 valence electrons. The van der Waals surface area contributed by atoms with Crippen LogP contribution < -0.4 is 5.32 Å². The third-order valence-electron chi connectivity index (χ3n) is 3.72. The van der Waals surface area contributed by atoms with Crippen molar-refractivity contribution in [1.29, 1.82) is 0 Å². The van der Waals surface area contributed by atoms with Crippen LogP contribution in [0.4, 0.5) is 0 Å². The number of aromatic hydroxyl groups is 1. The maximum atomic E-state index is 12.2. The summed E-state index contributed by atoms with van der Waals surface area (Å²) < 4.78 is 0. The van der Waals surface area contributed by atoms with Gasteiger partial charge in [0, 0.05) is 0 Å². The van der Waals surface area contributed by atoms with Gasteiger partial charge in [-0.25, -0.2) is 0 Å². The van der Waals surface area contributed by atoms with Crippen molar-refractivity contribution in [3.8, 4) is 5.75 Å². The van der Waals surface area contributed by atoms with E-state index in [2.05, 4.69) is 5.32 Å². The van der Waals surface area contributed by atoms with Crippen LogP contribution in [0.3, 0.4) is 0 Å². The molecule has 1 amide bonds. The smallest absolute Gasteiger partial charge is 0.311 e. The molecule has 0 radical (unpaired) electrons. The Morgan fingerprint density at radius 3 is 2.25 bits per heavy atom. The Kier molecular flexibility index (Phi) is 4.34. The van der Waals surface area contributed by atoms with Gasteiger partial charge in [-0.1, -0.05) is 11.6 Å². The fourth-order valence-electron chi connectivity index (χ4n) is 1.46. The minimum absolute atomic E-state index is 0.0881. The molecule has 1 aromatic carbocycles. The second kappa shape index (κ2) is 5.32. The zero-order chi connectivity index (χ0) is 15.7. The molecule has 0 aliphatic heterocycles. The van der Waals surface area contributed by atoms with Crippen molar-refractivity contribution in [2.24, 2.45) is 5.41 Å². The number of phenols is 1. The van der Waals surface area contributed by atoms with Gasteiger partial charge in [0.05, 0.1) is 21.5 Å². The number of rotatable bonds is 4. The molecule has 0 aromatic heterocycles. The van der Waals surface area contributed by atoms with E-state index >= 15 is 0 Å². The van der Waals surface area contributed by atoms with E-state index in [0.717, 1.165) is 0 Å².